The predicted molar refractivity (Wildman–Crippen MR) is 87.6 cm³/mol. The van der Waals surface area contributed by atoms with Crippen molar-refractivity contribution >= 4 is 11.7 Å². The quantitative estimate of drug-likeness (QED) is 0.790. The molecule has 0 fully saturated rings. The number of hydrogen-bond acceptors (Lipinski definition) is 5. The number of halogens is 3. The molecule has 0 unspecified atom stereocenters. The number of ether oxygens (including phenoxy) is 1. The summed E-state index contributed by atoms with van der Waals surface area (Å²) in [7, 11) is 0. The Morgan fingerprint density at radius 3 is 2.42 bits per heavy atom. The number of nitrogens with one attached hydrogen (secondary N) is 1. The second kappa shape index (κ2) is 6.77. The van der Waals surface area contributed by atoms with Crippen LogP contribution in [0.25, 0.3) is 0 Å². The number of benzene rings is 1. The molecule has 140 valence electrons. The summed E-state index contributed by atoms with van der Waals surface area (Å²) in [5.74, 6) is -0.259. The molecule has 2 aromatic rings. The van der Waals surface area contributed by atoms with Gasteiger partial charge in [-0.1, -0.05) is 0 Å². The molecule has 1 heterocycles. The number of carbonyl (C=O) groups is 1. The Kier molecular flexibility index (Phi) is 5.06. The molecule has 0 bridgehead atoms. The van der Waals surface area contributed by atoms with Gasteiger partial charge in [-0.05, 0) is 51.1 Å². The van der Waals surface area contributed by atoms with Gasteiger partial charge in [-0.15, -0.1) is 10.0 Å². The Hall–Kier alpha value is -2.91. The van der Waals surface area contributed by atoms with E-state index in [1.807, 2.05) is 0 Å². The summed E-state index contributed by atoms with van der Waals surface area (Å²) in [5, 5.41) is 9.23. The molecule has 0 aliphatic heterocycles. The smallest absolute Gasteiger partial charge is 0.416 e. The molecule has 0 aliphatic rings. The van der Waals surface area contributed by atoms with Gasteiger partial charge < -0.3 is 10.1 Å². The average Bonchev–Trinajstić information content (AvgIpc) is 2.85. The molecule has 10 heteroatoms. The van der Waals surface area contributed by atoms with Crippen LogP contribution in [-0.2, 0) is 6.18 Å². The third-order valence-electron chi connectivity index (χ3n) is 3.14. The van der Waals surface area contributed by atoms with Crippen molar-refractivity contribution in [1.29, 1.82) is 0 Å². The lowest BCUT2D eigenvalue weighted by Gasteiger charge is -2.20. The van der Waals surface area contributed by atoms with Crippen molar-refractivity contribution < 1.29 is 22.7 Å². The van der Waals surface area contributed by atoms with Crippen molar-refractivity contribution in [2.75, 3.05) is 0 Å². The molecule has 0 saturated carbocycles. The van der Waals surface area contributed by atoms with Gasteiger partial charge in [0.1, 0.15) is 0 Å². The van der Waals surface area contributed by atoms with Gasteiger partial charge in [0.25, 0.3) is 0 Å². The molecule has 1 N–H and O–H groups in total. The zero-order valence-corrected chi connectivity index (χ0v) is 14.5. The van der Waals surface area contributed by atoms with E-state index in [4.69, 9.17) is 4.74 Å². The number of aryl methyl sites for hydroxylation is 1. The van der Waals surface area contributed by atoms with E-state index in [1.165, 1.54) is 6.07 Å². The van der Waals surface area contributed by atoms with E-state index in [0.29, 0.717) is 11.8 Å². The average molecular weight is 370 g/mol. The fraction of sp³-hybridized carbons (Fsp3) is 0.375. The van der Waals surface area contributed by atoms with E-state index in [1.54, 1.807) is 27.7 Å². The van der Waals surface area contributed by atoms with Gasteiger partial charge >= 0.3 is 12.2 Å². The molecule has 0 spiro atoms. The zero-order valence-electron chi connectivity index (χ0n) is 14.5. The van der Waals surface area contributed by atoms with E-state index in [0.717, 1.165) is 16.8 Å². The molecule has 2 rings (SSSR count). The van der Waals surface area contributed by atoms with Crippen LogP contribution in [0.3, 0.4) is 0 Å². The fourth-order valence-electron chi connectivity index (χ4n) is 2.04. The summed E-state index contributed by atoms with van der Waals surface area (Å²) in [6.07, 6.45) is -4.61. The van der Waals surface area contributed by atoms with Crippen LogP contribution in [0.2, 0.25) is 0 Å². The molecule has 7 nitrogen and oxygen atoms in total. The predicted octanol–water partition coefficient (Wildman–Crippen LogP) is 4.76. The summed E-state index contributed by atoms with van der Waals surface area (Å²) in [6.45, 7) is 7.00. The first-order valence-electron chi connectivity index (χ1n) is 7.52. The molecule has 0 atom stereocenters. The highest BCUT2D eigenvalue weighted by atomic mass is 19.4. The Balaban J connectivity index is 2.28. The molecule has 0 saturated heterocycles. The molecular formula is C16H17F3N4O3. The summed E-state index contributed by atoms with van der Waals surface area (Å²) in [5.41, 5.74) is -1.59. The van der Waals surface area contributed by atoms with Crippen LogP contribution in [0.5, 0.6) is 11.6 Å². The standard InChI is InChI=1S/C16H17F3N4O3/c1-9-7-13(21-23(9)14(24)20-15(2,3)4)26-12-6-5-10(16(17,18)19)8-11(12)22-25/h5-8H,1-4H3,(H,20,24). The second-order valence-electron chi connectivity index (χ2n) is 6.59. The maximum atomic E-state index is 12.7. The lowest BCUT2D eigenvalue weighted by molar-refractivity contribution is -0.137. The SMILES string of the molecule is Cc1cc(Oc2ccc(C(F)(F)F)cc2N=O)nn1C(=O)NC(C)(C)C. The van der Waals surface area contributed by atoms with Crippen molar-refractivity contribution in [3.63, 3.8) is 0 Å². The first kappa shape index (κ1) is 19.4. The zero-order chi connectivity index (χ0) is 19.7. The van der Waals surface area contributed by atoms with Crippen molar-refractivity contribution in [2.45, 2.75) is 39.4 Å². The van der Waals surface area contributed by atoms with Crippen LogP contribution in [0.15, 0.2) is 29.4 Å². The van der Waals surface area contributed by atoms with Gasteiger partial charge in [0.05, 0.1) is 11.3 Å². The summed E-state index contributed by atoms with van der Waals surface area (Å²) >= 11 is 0. The van der Waals surface area contributed by atoms with Gasteiger partial charge in [0, 0.05) is 11.6 Å². The topological polar surface area (TPSA) is 85.6 Å². The number of alkyl halides is 3. The van der Waals surface area contributed by atoms with Crippen LogP contribution < -0.4 is 10.1 Å². The van der Waals surface area contributed by atoms with Crippen LogP contribution in [0, 0.1) is 11.8 Å². The number of rotatable bonds is 3. The van der Waals surface area contributed by atoms with Crippen LogP contribution in [0.4, 0.5) is 23.7 Å². The highest BCUT2D eigenvalue weighted by Gasteiger charge is 2.31. The molecular weight excluding hydrogens is 353 g/mol. The minimum absolute atomic E-state index is 0.0591. The first-order valence-corrected chi connectivity index (χ1v) is 7.52. The van der Waals surface area contributed by atoms with Crippen LogP contribution in [-0.4, -0.2) is 21.4 Å². The molecule has 26 heavy (non-hydrogen) atoms. The Morgan fingerprint density at radius 2 is 1.88 bits per heavy atom. The van der Waals surface area contributed by atoms with E-state index < -0.39 is 29.0 Å². The van der Waals surface area contributed by atoms with Crippen molar-refractivity contribution in [2.24, 2.45) is 5.18 Å². The number of aromatic nitrogens is 2. The summed E-state index contributed by atoms with van der Waals surface area (Å²) < 4.78 is 44.5. The minimum Gasteiger partial charge on any atom is -0.435 e. The lowest BCUT2D eigenvalue weighted by atomic mass is 10.1. The Morgan fingerprint density at radius 1 is 1.23 bits per heavy atom. The molecule has 0 radical (unpaired) electrons. The van der Waals surface area contributed by atoms with Crippen molar-refractivity contribution in [1.82, 2.24) is 15.1 Å². The maximum Gasteiger partial charge on any atom is 0.416 e. The lowest BCUT2D eigenvalue weighted by Crippen LogP contribution is -2.43. The van der Waals surface area contributed by atoms with Crippen molar-refractivity contribution in [3.8, 4) is 11.6 Å². The van der Waals surface area contributed by atoms with E-state index in [2.05, 4.69) is 15.6 Å². The normalized spacial score (nSPS) is 12.0. The second-order valence-corrected chi connectivity index (χ2v) is 6.59. The number of amides is 1. The van der Waals surface area contributed by atoms with Crippen LogP contribution in [0.1, 0.15) is 32.0 Å². The van der Waals surface area contributed by atoms with E-state index in [9.17, 15) is 22.9 Å². The number of hydrogen-bond donors (Lipinski definition) is 1. The van der Waals surface area contributed by atoms with Crippen molar-refractivity contribution in [3.05, 3.63) is 40.4 Å². The first-order chi connectivity index (χ1) is 11.9. The monoisotopic (exact) mass is 370 g/mol. The van der Waals surface area contributed by atoms with Crippen LogP contribution >= 0.6 is 0 Å². The van der Waals surface area contributed by atoms with Gasteiger partial charge in [0.2, 0.25) is 5.88 Å². The molecule has 0 aliphatic carbocycles. The number of carbonyl (C=O) groups excluding carboxylic acids is 1. The van der Waals surface area contributed by atoms with Gasteiger partial charge in [-0.2, -0.15) is 17.9 Å². The van der Waals surface area contributed by atoms with Gasteiger partial charge in [0.15, 0.2) is 11.4 Å². The molecule has 1 aromatic heterocycles. The highest BCUT2D eigenvalue weighted by Crippen LogP contribution is 2.37. The molecule has 1 aromatic carbocycles. The number of nitrogens with zero attached hydrogens (tertiary/aromatic N) is 3. The molecule has 1 amide bonds. The summed E-state index contributed by atoms with van der Waals surface area (Å²) in [6, 6.07) is 3.24. The Labute approximate surface area is 147 Å². The Bertz CT molecular complexity index is 838. The largest absolute Gasteiger partial charge is 0.435 e. The third-order valence-corrected chi connectivity index (χ3v) is 3.14. The van der Waals surface area contributed by atoms with E-state index >= 15 is 0 Å². The van der Waals surface area contributed by atoms with E-state index in [-0.39, 0.29) is 11.6 Å². The van der Waals surface area contributed by atoms with Gasteiger partial charge in [-0.25, -0.2) is 4.79 Å². The maximum absolute atomic E-state index is 12.7. The highest BCUT2D eigenvalue weighted by molar-refractivity contribution is 5.77. The minimum atomic E-state index is -4.61. The van der Waals surface area contributed by atoms with Gasteiger partial charge in [-0.3, -0.25) is 0 Å². The third kappa shape index (κ3) is 4.58. The fourth-order valence-corrected chi connectivity index (χ4v) is 2.04. The summed E-state index contributed by atoms with van der Waals surface area (Å²) in [4.78, 5) is 23.0. The number of nitroso groups, excluding NO2 is 1.